The average Bonchev–Trinajstić information content (AvgIpc) is 2.31. The molecule has 0 aromatic heterocycles. The average molecular weight is 160 g/mol. The lowest BCUT2D eigenvalue weighted by molar-refractivity contribution is -0.137. The third kappa shape index (κ3) is 1.73. The molecule has 0 aromatic carbocycles. The molecule has 4 heteroatoms. The van der Waals surface area contributed by atoms with Crippen molar-refractivity contribution in [3.8, 4) is 0 Å². The van der Waals surface area contributed by atoms with Gasteiger partial charge in [0, 0.05) is 6.42 Å². The van der Waals surface area contributed by atoms with Crippen molar-refractivity contribution in [2.24, 2.45) is 0 Å². The van der Waals surface area contributed by atoms with Gasteiger partial charge in [0.2, 0.25) is 0 Å². The zero-order valence-corrected chi connectivity index (χ0v) is 6.23. The number of cyclic esters (lactones) is 1. The van der Waals surface area contributed by atoms with Crippen LogP contribution in [0.25, 0.3) is 0 Å². The highest BCUT2D eigenvalue weighted by molar-refractivity contribution is 8.01. The maximum atomic E-state index is 10.7. The minimum absolute atomic E-state index is 0.0924. The first kappa shape index (κ1) is 7.60. The Labute approximate surface area is 63.1 Å². The molecule has 1 aliphatic rings. The molecular weight excluding hydrogens is 152 g/mol. The van der Waals surface area contributed by atoms with Gasteiger partial charge in [-0.1, -0.05) is 0 Å². The van der Waals surface area contributed by atoms with E-state index in [1.54, 1.807) is 0 Å². The summed E-state index contributed by atoms with van der Waals surface area (Å²) in [7, 11) is 0. The van der Waals surface area contributed by atoms with Gasteiger partial charge >= 0.3 is 5.97 Å². The summed E-state index contributed by atoms with van der Waals surface area (Å²) in [6.07, 6.45) is 1.55. The van der Waals surface area contributed by atoms with Crippen LogP contribution in [0, 0.1) is 0 Å². The number of ether oxygens (including phenoxy) is 1. The minimum Gasteiger partial charge on any atom is -0.465 e. The predicted molar refractivity (Wildman–Crippen MR) is 37.9 cm³/mol. The van der Waals surface area contributed by atoms with Crippen LogP contribution in [0.3, 0.4) is 0 Å². The second-order valence-corrected chi connectivity index (χ2v) is 3.18. The molecule has 0 saturated carbocycles. The molecule has 0 aromatic rings. The Morgan fingerprint density at radius 1 is 1.80 bits per heavy atom. The van der Waals surface area contributed by atoms with E-state index in [1.807, 2.05) is 0 Å². The third-order valence-corrected chi connectivity index (χ3v) is 2.41. The van der Waals surface area contributed by atoms with Crippen LogP contribution in [0.1, 0.15) is 6.42 Å². The van der Waals surface area contributed by atoms with E-state index < -0.39 is 0 Å². The van der Waals surface area contributed by atoms with Crippen LogP contribution in [-0.4, -0.2) is 29.9 Å². The summed E-state index contributed by atoms with van der Waals surface area (Å²) in [5.41, 5.74) is 0. The van der Waals surface area contributed by atoms with Crippen LogP contribution in [0.5, 0.6) is 0 Å². The Balaban J connectivity index is 2.26. The van der Waals surface area contributed by atoms with Gasteiger partial charge in [-0.3, -0.25) is 4.79 Å². The van der Waals surface area contributed by atoms with Crippen molar-refractivity contribution in [2.45, 2.75) is 11.7 Å². The van der Waals surface area contributed by atoms with E-state index in [0.717, 1.165) is 12.7 Å². The highest BCUT2D eigenvalue weighted by Crippen LogP contribution is 2.20. The van der Waals surface area contributed by atoms with Gasteiger partial charge in [0.1, 0.15) is 11.5 Å². The van der Waals surface area contributed by atoms with Gasteiger partial charge in [-0.25, -0.2) is 0 Å². The Hall–Kier alpha value is -0.510. The molecule has 1 fully saturated rings. The molecule has 0 amide bonds. The first-order valence-electron chi connectivity index (χ1n) is 3.06. The Morgan fingerprint density at radius 3 is 3.10 bits per heavy atom. The summed E-state index contributed by atoms with van der Waals surface area (Å²) in [6, 6.07) is 0. The van der Waals surface area contributed by atoms with Gasteiger partial charge < -0.3 is 9.53 Å². The molecule has 0 spiro atoms. The van der Waals surface area contributed by atoms with Crippen molar-refractivity contribution < 1.29 is 14.3 Å². The van der Waals surface area contributed by atoms with Crippen LogP contribution >= 0.6 is 11.8 Å². The predicted octanol–water partition coefficient (Wildman–Crippen LogP) is 0.234. The Kier molecular flexibility index (Phi) is 2.74. The minimum atomic E-state index is -0.174. The quantitative estimate of drug-likeness (QED) is 0.438. The SMILES string of the molecule is O=CCSC1CCOC1=O. The summed E-state index contributed by atoms with van der Waals surface area (Å²) >= 11 is 1.35. The first-order chi connectivity index (χ1) is 4.84. The smallest absolute Gasteiger partial charge is 0.319 e. The highest BCUT2D eigenvalue weighted by Gasteiger charge is 2.26. The van der Waals surface area contributed by atoms with Crippen LogP contribution in [-0.2, 0) is 14.3 Å². The molecule has 1 heterocycles. The number of esters is 1. The van der Waals surface area contributed by atoms with Crippen molar-refractivity contribution in [1.29, 1.82) is 0 Å². The standard InChI is InChI=1S/C6H8O3S/c7-2-4-10-5-1-3-9-6(5)8/h2,5H,1,3-4H2. The van der Waals surface area contributed by atoms with Crippen LogP contribution in [0.4, 0.5) is 0 Å². The number of rotatable bonds is 3. The van der Waals surface area contributed by atoms with Crippen LogP contribution in [0.2, 0.25) is 0 Å². The van der Waals surface area contributed by atoms with E-state index in [0.29, 0.717) is 12.4 Å². The Morgan fingerprint density at radius 2 is 2.60 bits per heavy atom. The topological polar surface area (TPSA) is 43.4 Å². The molecular formula is C6H8O3S. The maximum absolute atomic E-state index is 10.7. The van der Waals surface area contributed by atoms with E-state index >= 15 is 0 Å². The summed E-state index contributed by atoms with van der Waals surface area (Å²) in [6.45, 7) is 0.509. The third-order valence-electron chi connectivity index (χ3n) is 1.25. The monoisotopic (exact) mass is 160 g/mol. The molecule has 1 aliphatic heterocycles. The van der Waals surface area contributed by atoms with Gasteiger partial charge in [0.05, 0.1) is 12.4 Å². The molecule has 3 nitrogen and oxygen atoms in total. The molecule has 10 heavy (non-hydrogen) atoms. The Bertz CT molecular complexity index is 146. The summed E-state index contributed by atoms with van der Waals surface area (Å²) in [5.74, 6) is 0.214. The molecule has 1 saturated heterocycles. The lowest BCUT2D eigenvalue weighted by atomic mass is 10.4. The number of thioether (sulfide) groups is 1. The molecule has 0 N–H and O–H groups in total. The van der Waals surface area contributed by atoms with Crippen molar-refractivity contribution in [2.75, 3.05) is 12.4 Å². The maximum Gasteiger partial charge on any atom is 0.319 e. The van der Waals surface area contributed by atoms with Gasteiger partial charge in [-0.15, -0.1) is 11.8 Å². The van der Waals surface area contributed by atoms with Gasteiger partial charge in [0.15, 0.2) is 0 Å². The zero-order chi connectivity index (χ0) is 7.40. The fraction of sp³-hybridized carbons (Fsp3) is 0.667. The van der Waals surface area contributed by atoms with Gasteiger partial charge in [-0.2, -0.15) is 0 Å². The van der Waals surface area contributed by atoms with E-state index in [4.69, 9.17) is 0 Å². The molecule has 0 radical (unpaired) electrons. The first-order valence-corrected chi connectivity index (χ1v) is 4.11. The van der Waals surface area contributed by atoms with E-state index in [1.165, 1.54) is 11.8 Å². The number of hydrogen-bond acceptors (Lipinski definition) is 4. The second kappa shape index (κ2) is 3.61. The highest BCUT2D eigenvalue weighted by atomic mass is 32.2. The van der Waals surface area contributed by atoms with E-state index in [2.05, 4.69) is 4.74 Å². The molecule has 0 bridgehead atoms. The van der Waals surface area contributed by atoms with E-state index in [9.17, 15) is 9.59 Å². The summed E-state index contributed by atoms with van der Waals surface area (Å²) in [4.78, 5) is 20.6. The number of aldehydes is 1. The molecule has 0 aliphatic carbocycles. The fourth-order valence-corrected chi connectivity index (χ4v) is 1.56. The zero-order valence-electron chi connectivity index (χ0n) is 5.41. The molecule has 1 atom stereocenters. The summed E-state index contributed by atoms with van der Waals surface area (Å²) < 4.78 is 4.69. The lowest BCUT2D eigenvalue weighted by Gasteiger charge is -1.98. The normalized spacial score (nSPS) is 24.4. The summed E-state index contributed by atoms with van der Waals surface area (Å²) in [5, 5.41) is -0.0924. The van der Waals surface area contributed by atoms with Gasteiger partial charge in [0.25, 0.3) is 0 Å². The molecule has 56 valence electrons. The lowest BCUT2D eigenvalue weighted by Crippen LogP contribution is -2.10. The van der Waals surface area contributed by atoms with Crippen molar-refractivity contribution >= 4 is 24.0 Å². The fourth-order valence-electron chi connectivity index (χ4n) is 0.784. The molecule has 1 rings (SSSR count). The van der Waals surface area contributed by atoms with Gasteiger partial charge in [-0.05, 0) is 0 Å². The van der Waals surface area contributed by atoms with Crippen molar-refractivity contribution in [1.82, 2.24) is 0 Å². The second-order valence-electron chi connectivity index (χ2n) is 1.94. The number of carbonyl (C=O) groups excluding carboxylic acids is 2. The largest absolute Gasteiger partial charge is 0.465 e. The van der Waals surface area contributed by atoms with Crippen molar-refractivity contribution in [3.63, 3.8) is 0 Å². The van der Waals surface area contributed by atoms with Crippen LogP contribution < -0.4 is 0 Å². The molecule has 1 unspecified atom stereocenters. The van der Waals surface area contributed by atoms with E-state index in [-0.39, 0.29) is 11.2 Å². The number of carbonyl (C=O) groups is 2. The van der Waals surface area contributed by atoms with Crippen LogP contribution in [0.15, 0.2) is 0 Å². The number of hydrogen-bond donors (Lipinski definition) is 0. The van der Waals surface area contributed by atoms with Crippen molar-refractivity contribution in [3.05, 3.63) is 0 Å².